The minimum Gasteiger partial charge on any atom is -0.295 e. The van der Waals surface area contributed by atoms with Crippen molar-refractivity contribution in [2.24, 2.45) is 0 Å². The molecule has 0 bridgehead atoms. The molecule has 0 atom stereocenters. The minimum atomic E-state index is -3.71. The van der Waals surface area contributed by atoms with Crippen LogP contribution >= 0.6 is 0 Å². The third-order valence-electron chi connectivity index (χ3n) is 3.19. The van der Waals surface area contributed by atoms with Crippen LogP contribution in [0.1, 0.15) is 28.4 Å². The quantitative estimate of drug-likeness (QED) is 0.881. The third-order valence-corrected chi connectivity index (χ3v) is 4.55. The van der Waals surface area contributed by atoms with E-state index in [0.717, 1.165) is 11.1 Å². The van der Waals surface area contributed by atoms with Crippen molar-refractivity contribution in [1.29, 1.82) is 0 Å². The Balaban J connectivity index is 2.41. The maximum Gasteiger partial charge on any atom is 0.261 e. The zero-order valence-electron chi connectivity index (χ0n) is 12.2. The molecule has 0 amide bonds. The number of rotatable bonds is 4. The monoisotopic (exact) mass is 303 g/mol. The molecule has 0 heterocycles. The Bertz CT molecular complexity index is 795. The molecule has 1 N–H and O–H groups in total. The van der Waals surface area contributed by atoms with Gasteiger partial charge < -0.3 is 0 Å². The van der Waals surface area contributed by atoms with Crippen LogP contribution < -0.4 is 4.72 Å². The first-order chi connectivity index (χ1) is 9.79. The molecule has 0 aliphatic carbocycles. The van der Waals surface area contributed by atoms with Gasteiger partial charge in [-0.3, -0.25) is 9.52 Å². The summed E-state index contributed by atoms with van der Waals surface area (Å²) in [5, 5.41) is 0. The molecule has 21 heavy (non-hydrogen) atoms. The van der Waals surface area contributed by atoms with Crippen molar-refractivity contribution >= 4 is 21.5 Å². The maximum atomic E-state index is 12.4. The molecule has 110 valence electrons. The molecule has 2 aromatic rings. The van der Waals surface area contributed by atoms with Gasteiger partial charge in [0.25, 0.3) is 10.0 Å². The summed E-state index contributed by atoms with van der Waals surface area (Å²) in [6.45, 7) is 5.14. The van der Waals surface area contributed by atoms with Crippen molar-refractivity contribution in [3.05, 3.63) is 59.2 Å². The Morgan fingerprint density at radius 1 is 1.05 bits per heavy atom. The highest BCUT2D eigenvalue weighted by Gasteiger charge is 2.16. The van der Waals surface area contributed by atoms with Gasteiger partial charge >= 0.3 is 0 Å². The molecule has 0 fully saturated rings. The van der Waals surface area contributed by atoms with Crippen LogP contribution in [0.25, 0.3) is 0 Å². The number of hydrogen-bond donors (Lipinski definition) is 1. The average Bonchev–Trinajstić information content (AvgIpc) is 2.43. The van der Waals surface area contributed by atoms with E-state index < -0.39 is 10.0 Å². The highest BCUT2D eigenvalue weighted by atomic mass is 32.2. The van der Waals surface area contributed by atoms with Gasteiger partial charge in [0.2, 0.25) is 0 Å². The van der Waals surface area contributed by atoms with Crippen LogP contribution in [0.2, 0.25) is 0 Å². The Kier molecular flexibility index (Phi) is 4.14. The summed E-state index contributed by atoms with van der Waals surface area (Å²) in [5.74, 6) is -0.168. The number of sulfonamides is 1. The first-order valence-corrected chi connectivity index (χ1v) is 7.99. The number of ketones is 1. The Labute approximate surface area is 124 Å². The third kappa shape index (κ3) is 3.49. The van der Waals surface area contributed by atoms with Crippen molar-refractivity contribution in [2.75, 3.05) is 4.72 Å². The molecule has 0 unspecified atom stereocenters. The van der Waals surface area contributed by atoms with E-state index in [1.165, 1.54) is 19.1 Å². The van der Waals surface area contributed by atoms with Gasteiger partial charge in [-0.1, -0.05) is 24.3 Å². The van der Waals surface area contributed by atoms with E-state index >= 15 is 0 Å². The summed E-state index contributed by atoms with van der Waals surface area (Å²) >= 11 is 0. The summed E-state index contributed by atoms with van der Waals surface area (Å²) in [6, 6.07) is 11.6. The second-order valence-corrected chi connectivity index (χ2v) is 6.69. The molecule has 2 rings (SSSR count). The SMILES string of the molecule is CC(=O)c1cccc(S(=O)(=O)Nc2cc(C)ccc2C)c1. The van der Waals surface area contributed by atoms with Crippen molar-refractivity contribution in [3.8, 4) is 0 Å². The predicted molar refractivity (Wildman–Crippen MR) is 83.2 cm³/mol. The van der Waals surface area contributed by atoms with Gasteiger partial charge in [-0.15, -0.1) is 0 Å². The fourth-order valence-corrected chi connectivity index (χ4v) is 3.10. The molecule has 0 saturated carbocycles. The minimum absolute atomic E-state index is 0.0797. The lowest BCUT2D eigenvalue weighted by molar-refractivity contribution is 0.101. The van der Waals surface area contributed by atoms with Crippen LogP contribution in [0.3, 0.4) is 0 Å². The van der Waals surface area contributed by atoms with Crippen molar-refractivity contribution in [2.45, 2.75) is 25.7 Å². The van der Waals surface area contributed by atoms with E-state index in [9.17, 15) is 13.2 Å². The molecule has 2 aromatic carbocycles. The summed E-state index contributed by atoms with van der Waals surface area (Å²) in [7, 11) is -3.71. The largest absolute Gasteiger partial charge is 0.295 e. The number of Topliss-reactive ketones (excluding diaryl/α,β-unsaturated/α-hetero) is 1. The highest BCUT2D eigenvalue weighted by molar-refractivity contribution is 7.92. The van der Waals surface area contributed by atoms with Gasteiger partial charge in [-0.05, 0) is 50.1 Å². The molecule has 0 aromatic heterocycles. The molecule has 5 heteroatoms. The molecule has 0 aliphatic rings. The van der Waals surface area contributed by atoms with E-state index in [-0.39, 0.29) is 10.7 Å². The summed E-state index contributed by atoms with van der Waals surface area (Å²) < 4.78 is 27.4. The number of nitrogens with one attached hydrogen (secondary N) is 1. The van der Waals surface area contributed by atoms with Gasteiger partial charge in [0.1, 0.15) is 0 Å². The molecule has 0 spiro atoms. The Hall–Kier alpha value is -2.14. The molecular formula is C16H17NO3S. The lowest BCUT2D eigenvalue weighted by Crippen LogP contribution is -2.14. The summed E-state index contributed by atoms with van der Waals surface area (Å²) in [6.07, 6.45) is 0. The molecule has 0 radical (unpaired) electrons. The normalized spacial score (nSPS) is 11.2. The van der Waals surface area contributed by atoms with E-state index in [1.807, 2.05) is 26.0 Å². The zero-order chi connectivity index (χ0) is 15.6. The second kappa shape index (κ2) is 5.69. The van der Waals surface area contributed by atoms with E-state index in [1.54, 1.807) is 18.2 Å². The van der Waals surface area contributed by atoms with Crippen LogP contribution in [0, 0.1) is 13.8 Å². The van der Waals surface area contributed by atoms with E-state index in [0.29, 0.717) is 11.3 Å². The van der Waals surface area contributed by atoms with Crippen LogP contribution in [0.4, 0.5) is 5.69 Å². The fourth-order valence-electron chi connectivity index (χ4n) is 1.93. The van der Waals surface area contributed by atoms with Gasteiger partial charge in [0.05, 0.1) is 10.6 Å². The topological polar surface area (TPSA) is 63.2 Å². The number of carbonyl (C=O) groups is 1. The van der Waals surface area contributed by atoms with E-state index in [4.69, 9.17) is 0 Å². The van der Waals surface area contributed by atoms with Crippen LogP contribution in [-0.4, -0.2) is 14.2 Å². The van der Waals surface area contributed by atoms with Gasteiger partial charge in [-0.2, -0.15) is 0 Å². The van der Waals surface area contributed by atoms with Gasteiger partial charge in [0, 0.05) is 5.56 Å². The molecule has 0 aliphatic heterocycles. The lowest BCUT2D eigenvalue weighted by Gasteiger charge is -2.12. The zero-order valence-corrected chi connectivity index (χ0v) is 13.0. The number of carbonyl (C=O) groups excluding carboxylic acids is 1. The second-order valence-electron chi connectivity index (χ2n) is 5.01. The van der Waals surface area contributed by atoms with Crippen LogP contribution in [0.5, 0.6) is 0 Å². The maximum absolute atomic E-state index is 12.4. The molecule has 0 saturated heterocycles. The fraction of sp³-hybridized carbons (Fsp3) is 0.188. The van der Waals surface area contributed by atoms with Gasteiger partial charge in [0.15, 0.2) is 5.78 Å². The molecule has 4 nitrogen and oxygen atoms in total. The van der Waals surface area contributed by atoms with Crippen LogP contribution in [-0.2, 0) is 10.0 Å². The number of aryl methyl sites for hydroxylation is 2. The van der Waals surface area contributed by atoms with Crippen LogP contribution in [0.15, 0.2) is 47.4 Å². The average molecular weight is 303 g/mol. The van der Waals surface area contributed by atoms with Crippen molar-refractivity contribution < 1.29 is 13.2 Å². The van der Waals surface area contributed by atoms with Crippen molar-refractivity contribution in [3.63, 3.8) is 0 Å². The lowest BCUT2D eigenvalue weighted by atomic mass is 10.1. The number of anilines is 1. The predicted octanol–water partition coefficient (Wildman–Crippen LogP) is 3.31. The Morgan fingerprint density at radius 3 is 2.43 bits per heavy atom. The first-order valence-electron chi connectivity index (χ1n) is 6.51. The number of benzene rings is 2. The Morgan fingerprint density at radius 2 is 1.76 bits per heavy atom. The van der Waals surface area contributed by atoms with Crippen molar-refractivity contribution in [1.82, 2.24) is 0 Å². The standard InChI is InChI=1S/C16H17NO3S/c1-11-7-8-12(2)16(9-11)17-21(19,20)15-6-4-5-14(10-15)13(3)18/h4-10,17H,1-3H3. The smallest absolute Gasteiger partial charge is 0.261 e. The van der Waals surface area contributed by atoms with Gasteiger partial charge in [-0.25, -0.2) is 8.42 Å². The molecular weight excluding hydrogens is 286 g/mol. The summed E-state index contributed by atoms with van der Waals surface area (Å²) in [4.78, 5) is 11.4. The number of hydrogen-bond acceptors (Lipinski definition) is 3. The van der Waals surface area contributed by atoms with E-state index in [2.05, 4.69) is 4.72 Å². The first kappa shape index (κ1) is 15.3. The summed E-state index contributed by atoms with van der Waals surface area (Å²) in [5.41, 5.74) is 2.73. The highest BCUT2D eigenvalue weighted by Crippen LogP contribution is 2.21.